The molecule has 0 amide bonds. The van der Waals surface area contributed by atoms with Crippen molar-refractivity contribution in [2.24, 2.45) is 5.73 Å². The Bertz CT molecular complexity index is 986. The lowest BCUT2D eigenvalue weighted by Gasteiger charge is -1.97. The minimum Gasteiger partial charge on any atom is -0.399 e. The molecule has 1 aromatic carbocycles. The summed E-state index contributed by atoms with van der Waals surface area (Å²) in [5, 5.41) is 0.611. The lowest BCUT2D eigenvalue weighted by atomic mass is 10.2. The number of allylic oxidation sites excluding steroid dienone is 1. The van der Waals surface area contributed by atoms with Crippen LogP contribution >= 0.6 is 11.3 Å². The van der Waals surface area contributed by atoms with E-state index in [-0.39, 0.29) is 5.43 Å². The van der Waals surface area contributed by atoms with Crippen molar-refractivity contribution in [3.05, 3.63) is 81.6 Å². The van der Waals surface area contributed by atoms with Crippen LogP contribution in [-0.2, 0) is 0 Å². The lowest BCUT2D eigenvalue weighted by molar-refractivity contribution is 1.42. The van der Waals surface area contributed by atoms with Crippen molar-refractivity contribution in [1.82, 2.24) is 4.98 Å². The third kappa shape index (κ3) is 3.38. The maximum absolute atomic E-state index is 12.5. The molecule has 0 aliphatic rings. The fraction of sp³-hybridized carbons (Fsp3) is 0.0526. The SMILES string of the molecule is C=C(N)/C=C\c1ccc2ncc(-c3ccc(C)s3)cc2c(=O)c1. The molecule has 23 heavy (non-hydrogen) atoms. The van der Waals surface area contributed by atoms with Gasteiger partial charge in [-0.1, -0.05) is 18.7 Å². The van der Waals surface area contributed by atoms with E-state index in [1.165, 1.54) is 4.88 Å². The molecule has 3 aromatic rings. The Morgan fingerprint density at radius 3 is 2.78 bits per heavy atom. The number of thiophene rings is 1. The third-order valence-electron chi connectivity index (χ3n) is 3.43. The van der Waals surface area contributed by atoms with Gasteiger partial charge in [-0.25, -0.2) is 0 Å². The highest BCUT2D eigenvalue weighted by Crippen LogP contribution is 2.28. The van der Waals surface area contributed by atoms with Gasteiger partial charge in [-0.15, -0.1) is 11.3 Å². The van der Waals surface area contributed by atoms with Gasteiger partial charge in [-0.2, -0.15) is 0 Å². The predicted molar refractivity (Wildman–Crippen MR) is 98.4 cm³/mol. The monoisotopic (exact) mass is 320 g/mol. The van der Waals surface area contributed by atoms with Crippen molar-refractivity contribution >= 4 is 28.3 Å². The number of aryl methyl sites for hydroxylation is 1. The zero-order valence-corrected chi connectivity index (χ0v) is 13.6. The van der Waals surface area contributed by atoms with Gasteiger partial charge in [0.25, 0.3) is 0 Å². The van der Waals surface area contributed by atoms with E-state index in [0.717, 1.165) is 16.0 Å². The summed E-state index contributed by atoms with van der Waals surface area (Å²) in [5.74, 6) is 0. The van der Waals surface area contributed by atoms with Crippen LogP contribution in [0.5, 0.6) is 0 Å². The molecule has 0 unspecified atom stereocenters. The van der Waals surface area contributed by atoms with Gasteiger partial charge >= 0.3 is 0 Å². The van der Waals surface area contributed by atoms with E-state index in [9.17, 15) is 4.79 Å². The van der Waals surface area contributed by atoms with Crippen molar-refractivity contribution in [3.63, 3.8) is 0 Å². The van der Waals surface area contributed by atoms with E-state index in [1.54, 1.807) is 29.6 Å². The summed E-state index contributed by atoms with van der Waals surface area (Å²) in [4.78, 5) is 19.3. The standard InChI is InChI=1S/C19H16N2OS/c1-12(20)3-5-14-6-7-17-16(18(22)9-14)10-15(11-21-17)19-8-4-13(2)23-19/h3-11H,1,20H2,2H3/b5-3-. The van der Waals surface area contributed by atoms with Crippen LogP contribution in [0.3, 0.4) is 0 Å². The second kappa shape index (κ2) is 6.18. The maximum atomic E-state index is 12.5. The average molecular weight is 320 g/mol. The number of rotatable bonds is 3. The number of fused-ring (bicyclic) bond motifs is 1. The molecule has 0 bridgehead atoms. The van der Waals surface area contributed by atoms with Crippen molar-refractivity contribution in [2.45, 2.75) is 6.92 Å². The molecule has 3 nitrogen and oxygen atoms in total. The molecule has 3 rings (SSSR count). The second-order valence-electron chi connectivity index (χ2n) is 5.32. The number of nitrogens with zero attached hydrogens (tertiary/aromatic N) is 1. The average Bonchev–Trinajstić information content (AvgIpc) is 2.89. The quantitative estimate of drug-likeness (QED) is 0.739. The van der Waals surface area contributed by atoms with E-state index in [4.69, 9.17) is 5.73 Å². The molecule has 2 heterocycles. The Hall–Kier alpha value is -2.72. The second-order valence-corrected chi connectivity index (χ2v) is 6.61. The number of nitrogens with two attached hydrogens (primary N) is 1. The fourth-order valence-electron chi connectivity index (χ4n) is 2.29. The number of aromatic nitrogens is 1. The van der Waals surface area contributed by atoms with Crippen molar-refractivity contribution < 1.29 is 0 Å². The molecular formula is C19H16N2OS. The molecule has 2 aromatic heterocycles. The minimum atomic E-state index is -0.0603. The summed E-state index contributed by atoms with van der Waals surface area (Å²) in [7, 11) is 0. The van der Waals surface area contributed by atoms with Gasteiger partial charge in [0.05, 0.1) is 5.52 Å². The Balaban J connectivity index is 2.15. The Morgan fingerprint density at radius 2 is 2.09 bits per heavy atom. The van der Waals surface area contributed by atoms with Crippen LogP contribution < -0.4 is 11.2 Å². The van der Waals surface area contributed by atoms with Crippen LogP contribution in [-0.4, -0.2) is 4.98 Å². The molecule has 0 aliphatic carbocycles. The van der Waals surface area contributed by atoms with Crippen molar-refractivity contribution in [3.8, 4) is 10.4 Å². The molecule has 0 aliphatic heterocycles. The van der Waals surface area contributed by atoms with Gasteiger partial charge < -0.3 is 5.73 Å². The summed E-state index contributed by atoms with van der Waals surface area (Å²) in [6, 6.07) is 11.3. The maximum Gasteiger partial charge on any atom is 0.188 e. The fourth-order valence-corrected chi connectivity index (χ4v) is 3.14. The minimum absolute atomic E-state index is 0.0603. The first-order valence-corrected chi connectivity index (χ1v) is 7.98. The van der Waals surface area contributed by atoms with Crippen molar-refractivity contribution in [2.75, 3.05) is 0 Å². The Labute approximate surface area is 138 Å². The van der Waals surface area contributed by atoms with Crippen LogP contribution in [0.1, 0.15) is 10.4 Å². The normalized spacial score (nSPS) is 11.2. The topological polar surface area (TPSA) is 56.0 Å². The molecule has 0 fully saturated rings. The number of pyridine rings is 1. The van der Waals surface area contributed by atoms with Gasteiger partial charge in [0.15, 0.2) is 5.43 Å². The summed E-state index contributed by atoms with van der Waals surface area (Å²) < 4.78 is 0. The number of hydrogen-bond acceptors (Lipinski definition) is 4. The van der Waals surface area contributed by atoms with Gasteiger partial charge in [0.1, 0.15) is 0 Å². The summed E-state index contributed by atoms with van der Waals surface area (Å²) in [6.07, 6.45) is 5.25. The van der Waals surface area contributed by atoms with E-state index in [0.29, 0.717) is 16.6 Å². The first-order valence-electron chi connectivity index (χ1n) is 7.16. The van der Waals surface area contributed by atoms with E-state index >= 15 is 0 Å². The van der Waals surface area contributed by atoms with Gasteiger partial charge in [0.2, 0.25) is 0 Å². The molecule has 0 spiro atoms. The van der Waals surface area contributed by atoms with Crippen LogP contribution in [0, 0.1) is 6.92 Å². The molecule has 114 valence electrons. The van der Waals surface area contributed by atoms with Gasteiger partial charge in [-0.05, 0) is 48.9 Å². The zero-order valence-electron chi connectivity index (χ0n) is 12.7. The highest BCUT2D eigenvalue weighted by molar-refractivity contribution is 7.15. The molecular weight excluding hydrogens is 304 g/mol. The summed E-state index contributed by atoms with van der Waals surface area (Å²) >= 11 is 1.69. The molecule has 0 saturated heterocycles. The Morgan fingerprint density at radius 1 is 1.26 bits per heavy atom. The smallest absolute Gasteiger partial charge is 0.188 e. The summed E-state index contributed by atoms with van der Waals surface area (Å²) in [5.41, 5.74) is 8.33. The third-order valence-corrected chi connectivity index (χ3v) is 4.48. The van der Waals surface area contributed by atoms with Crippen LogP contribution in [0.2, 0.25) is 0 Å². The largest absolute Gasteiger partial charge is 0.399 e. The van der Waals surface area contributed by atoms with Crippen LogP contribution in [0.15, 0.2) is 65.7 Å². The first-order chi connectivity index (χ1) is 11.0. The van der Waals surface area contributed by atoms with E-state index < -0.39 is 0 Å². The predicted octanol–water partition coefficient (Wildman–Crippen LogP) is 4.12. The molecule has 0 atom stereocenters. The Kier molecular flexibility index (Phi) is 4.08. The van der Waals surface area contributed by atoms with E-state index in [1.807, 2.05) is 24.4 Å². The molecule has 4 heteroatoms. The van der Waals surface area contributed by atoms with E-state index in [2.05, 4.69) is 30.6 Å². The van der Waals surface area contributed by atoms with Crippen molar-refractivity contribution in [1.29, 1.82) is 0 Å². The van der Waals surface area contributed by atoms with Gasteiger partial charge in [-0.3, -0.25) is 9.78 Å². The van der Waals surface area contributed by atoms with Crippen LogP contribution in [0.4, 0.5) is 0 Å². The molecule has 2 N–H and O–H groups in total. The molecule has 0 radical (unpaired) electrons. The lowest BCUT2D eigenvalue weighted by Crippen LogP contribution is -1.97. The molecule has 0 saturated carbocycles. The first kappa shape index (κ1) is 15.2. The summed E-state index contributed by atoms with van der Waals surface area (Å²) in [6.45, 7) is 5.67. The zero-order chi connectivity index (χ0) is 16.4. The number of hydrogen-bond donors (Lipinski definition) is 1. The highest BCUT2D eigenvalue weighted by Gasteiger charge is 2.05. The van der Waals surface area contributed by atoms with Crippen LogP contribution in [0.25, 0.3) is 27.4 Å². The highest BCUT2D eigenvalue weighted by atomic mass is 32.1. The van der Waals surface area contributed by atoms with Gasteiger partial charge in [0, 0.05) is 32.6 Å².